The molecule has 0 aliphatic heterocycles. The van der Waals surface area contributed by atoms with E-state index in [-0.39, 0.29) is 0 Å². The maximum absolute atomic E-state index is 5.72. The van der Waals surface area contributed by atoms with Gasteiger partial charge in [-0.25, -0.2) is 0 Å². The van der Waals surface area contributed by atoms with Crippen LogP contribution in [-0.2, 0) is 4.74 Å². The summed E-state index contributed by atoms with van der Waals surface area (Å²) in [6.45, 7) is 10.2. The Bertz CT molecular complexity index is 120. The Morgan fingerprint density at radius 1 is 1.21 bits per heavy atom. The van der Waals surface area contributed by atoms with Gasteiger partial charge in [0.2, 0.25) is 0 Å². The smallest absolute Gasteiger partial charge is 0.0593 e. The Morgan fingerprint density at radius 3 is 2.43 bits per heavy atom. The fraction of sp³-hybridized carbons (Fsp3) is 1.00. The van der Waals surface area contributed by atoms with Gasteiger partial charge in [0, 0.05) is 31.6 Å². The molecule has 0 fully saturated rings. The molecule has 14 heavy (non-hydrogen) atoms. The molecule has 0 rings (SSSR count). The van der Waals surface area contributed by atoms with Gasteiger partial charge in [0.05, 0.1) is 6.61 Å². The molecule has 3 heteroatoms. The van der Waals surface area contributed by atoms with Crippen LogP contribution in [0, 0.1) is 0 Å². The predicted molar refractivity (Wildman–Crippen MR) is 63.2 cm³/mol. The van der Waals surface area contributed by atoms with Crippen molar-refractivity contribution in [3.63, 3.8) is 0 Å². The number of hydrogen-bond donors (Lipinski definition) is 0. The Labute approximate surface area is 93.6 Å². The fourth-order valence-corrected chi connectivity index (χ4v) is 1.48. The molecular weight excluding hydrogens is 198 g/mol. The number of nitrogens with zero attached hydrogens (tertiary/aromatic N) is 1. The molecule has 0 aromatic rings. The van der Waals surface area contributed by atoms with Gasteiger partial charge in [-0.1, -0.05) is 13.3 Å². The Morgan fingerprint density at radius 2 is 1.93 bits per heavy atom. The van der Waals surface area contributed by atoms with E-state index in [1.807, 2.05) is 0 Å². The summed E-state index contributed by atoms with van der Waals surface area (Å²) in [7, 11) is 0. The zero-order valence-electron chi connectivity index (χ0n) is 9.76. The fourth-order valence-electron chi connectivity index (χ4n) is 1.27. The number of alkyl halides is 1. The largest absolute Gasteiger partial charge is 0.380 e. The lowest BCUT2D eigenvalue weighted by Gasteiger charge is -2.25. The van der Waals surface area contributed by atoms with Gasteiger partial charge in [0.1, 0.15) is 0 Å². The zero-order chi connectivity index (χ0) is 10.8. The maximum Gasteiger partial charge on any atom is 0.0593 e. The van der Waals surface area contributed by atoms with E-state index in [1.165, 1.54) is 6.42 Å². The number of unbranched alkanes of at least 4 members (excludes halogenated alkanes) is 1. The van der Waals surface area contributed by atoms with Crippen molar-refractivity contribution in [3.05, 3.63) is 0 Å². The number of hydrogen-bond acceptors (Lipinski definition) is 2. The zero-order valence-corrected chi connectivity index (χ0v) is 10.5. The normalized spacial score (nSPS) is 11.6. The molecule has 0 aliphatic rings. The maximum atomic E-state index is 5.72. The molecule has 0 bridgehead atoms. The van der Waals surface area contributed by atoms with Crippen molar-refractivity contribution in [2.75, 3.05) is 32.2 Å². The monoisotopic (exact) mass is 221 g/mol. The molecule has 86 valence electrons. The van der Waals surface area contributed by atoms with Crippen LogP contribution in [0.25, 0.3) is 0 Å². The molecule has 0 unspecified atom stereocenters. The average Bonchev–Trinajstić information content (AvgIpc) is 2.15. The lowest BCUT2D eigenvalue weighted by molar-refractivity contribution is 0.0935. The Kier molecular flexibility index (Phi) is 9.90. The first-order valence-corrected chi connectivity index (χ1v) is 6.13. The van der Waals surface area contributed by atoms with Gasteiger partial charge in [-0.05, 0) is 20.3 Å². The molecule has 0 spiro atoms. The van der Waals surface area contributed by atoms with Gasteiger partial charge < -0.3 is 4.74 Å². The first-order chi connectivity index (χ1) is 6.72. The second kappa shape index (κ2) is 9.75. The molecule has 0 aromatic carbocycles. The van der Waals surface area contributed by atoms with Crippen molar-refractivity contribution in [1.82, 2.24) is 4.90 Å². The standard InChI is InChI=1S/C11H24ClNO/c1-4-5-9-14-10-8-13(7-6-12)11(2)3/h11H,4-10H2,1-3H3. The minimum Gasteiger partial charge on any atom is -0.380 e. The van der Waals surface area contributed by atoms with E-state index >= 15 is 0 Å². The highest BCUT2D eigenvalue weighted by Gasteiger charge is 2.07. The molecular formula is C11H24ClNO. The third kappa shape index (κ3) is 7.60. The molecule has 0 amide bonds. The molecule has 0 saturated carbocycles. The molecule has 0 saturated heterocycles. The van der Waals surface area contributed by atoms with E-state index in [4.69, 9.17) is 16.3 Å². The highest BCUT2D eigenvalue weighted by Crippen LogP contribution is 1.98. The average molecular weight is 222 g/mol. The van der Waals surface area contributed by atoms with E-state index < -0.39 is 0 Å². The minimum atomic E-state index is 0.559. The van der Waals surface area contributed by atoms with Crippen LogP contribution in [0.15, 0.2) is 0 Å². The molecule has 0 aromatic heterocycles. The SMILES string of the molecule is CCCCOCCN(CCCl)C(C)C. The van der Waals surface area contributed by atoms with Crippen molar-refractivity contribution < 1.29 is 4.74 Å². The molecule has 0 atom stereocenters. The summed E-state index contributed by atoms with van der Waals surface area (Å²) in [5.74, 6) is 0.702. The Hall–Kier alpha value is 0.210. The Balaban J connectivity index is 3.41. The topological polar surface area (TPSA) is 12.5 Å². The molecule has 0 aliphatic carbocycles. The van der Waals surface area contributed by atoms with E-state index in [0.717, 1.165) is 32.7 Å². The number of ether oxygens (including phenoxy) is 1. The first-order valence-electron chi connectivity index (χ1n) is 5.60. The van der Waals surface area contributed by atoms with Crippen LogP contribution >= 0.6 is 11.6 Å². The summed E-state index contributed by atoms with van der Waals surface area (Å²) < 4.78 is 5.52. The third-order valence-corrected chi connectivity index (χ3v) is 2.44. The van der Waals surface area contributed by atoms with E-state index in [2.05, 4.69) is 25.7 Å². The second-order valence-electron chi connectivity index (χ2n) is 3.78. The van der Waals surface area contributed by atoms with Crippen LogP contribution in [0.5, 0.6) is 0 Å². The number of rotatable bonds is 9. The summed E-state index contributed by atoms with van der Waals surface area (Å²) in [5, 5.41) is 0. The number of halogens is 1. The highest BCUT2D eigenvalue weighted by molar-refractivity contribution is 6.18. The minimum absolute atomic E-state index is 0.559. The highest BCUT2D eigenvalue weighted by atomic mass is 35.5. The van der Waals surface area contributed by atoms with E-state index in [9.17, 15) is 0 Å². The van der Waals surface area contributed by atoms with Gasteiger partial charge >= 0.3 is 0 Å². The second-order valence-corrected chi connectivity index (χ2v) is 4.16. The van der Waals surface area contributed by atoms with E-state index in [0.29, 0.717) is 11.9 Å². The van der Waals surface area contributed by atoms with Gasteiger partial charge in [0.25, 0.3) is 0 Å². The summed E-state index contributed by atoms with van der Waals surface area (Å²) >= 11 is 5.72. The third-order valence-electron chi connectivity index (χ3n) is 2.27. The van der Waals surface area contributed by atoms with Crippen LogP contribution in [-0.4, -0.2) is 43.1 Å². The molecule has 0 radical (unpaired) electrons. The van der Waals surface area contributed by atoms with Crippen molar-refractivity contribution >= 4 is 11.6 Å². The van der Waals surface area contributed by atoms with Crippen molar-refractivity contribution in [3.8, 4) is 0 Å². The molecule has 0 N–H and O–H groups in total. The van der Waals surface area contributed by atoms with Crippen LogP contribution in [0.3, 0.4) is 0 Å². The van der Waals surface area contributed by atoms with Gasteiger partial charge in [-0.2, -0.15) is 0 Å². The van der Waals surface area contributed by atoms with Gasteiger partial charge in [-0.15, -0.1) is 11.6 Å². The lowest BCUT2D eigenvalue weighted by Crippen LogP contribution is -2.35. The summed E-state index contributed by atoms with van der Waals surface area (Å²) in [5.41, 5.74) is 0. The van der Waals surface area contributed by atoms with Crippen LogP contribution in [0.4, 0.5) is 0 Å². The van der Waals surface area contributed by atoms with Crippen LogP contribution in [0.2, 0.25) is 0 Å². The summed E-state index contributed by atoms with van der Waals surface area (Å²) in [4.78, 5) is 2.35. The summed E-state index contributed by atoms with van der Waals surface area (Å²) in [6, 6.07) is 0.559. The first kappa shape index (κ1) is 14.2. The van der Waals surface area contributed by atoms with Crippen molar-refractivity contribution in [2.45, 2.75) is 39.7 Å². The van der Waals surface area contributed by atoms with E-state index in [1.54, 1.807) is 0 Å². The summed E-state index contributed by atoms with van der Waals surface area (Å²) in [6.07, 6.45) is 2.37. The van der Waals surface area contributed by atoms with Gasteiger partial charge in [0.15, 0.2) is 0 Å². The van der Waals surface area contributed by atoms with Gasteiger partial charge in [-0.3, -0.25) is 4.90 Å². The van der Waals surface area contributed by atoms with Crippen LogP contribution < -0.4 is 0 Å². The molecule has 0 heterocycles. The lowest BCUT2D eigenvalue weighted by atomic mass is 10.3. The quantitative estimate of drug-likeness (QED) is 0.439. The molecule has 2 nitrogen and oxygen atoms in total. The van der Waals surface area contributed by atoms with Crippen LogP contribution in [0.1, 0.15) is 33.6 Å². The van der Waals surface area contributed by atoms with Crippen molar-refractivity contribution in [2.24, 2.45) is 0 Å². The van der Waals surface area contributed by atoms with Crippen molar-refractivity contribution in [1.29, 1.82) is 0 Å². The predicted octanol–water partition coefficient (Wildman–Crippen LogP) is 2.75.